The molecule has 6 rings (SSSR count). The summed E-state index contributed by atoms with van der Waals surface area (Å²) in [6, 6.07) is 20.7. The number of carbonyl (C=O) groups is 2. The van der Waals surface area contributed by atoms with Crippen molar-refractivity contribution >= 4 is 78.6 Å². The van der Waals surface area contributed by atoms with Gasteiger partial charge in [-0.3, -0.25) is 19.2 Å². The summed E-state index contributed by atoms with van der Waals surface area (Å²) in [5.74, 6) is -0.593. The van der Waals surface area contributed by atoms with Gasteiger partial charge in [0.1, 0.15) is 0 Å². The van der Waals surface area contributed by atoms with Crippen LogP contribution < -0.4 is 21.5 Å². The van der Waals surface area contributed by atoms with Crippen LogP contribution >= 0.6 is 23.2 Å². The highest BCUT2D eigenvalue weighted by Crippen LogP contribution is 2.26. The highest BCUT2D eigenvalue weighted by Gasteiger charge is 2.18. The first-order chi connectivity index (χ1) is 23.1. The largest absolute Gasteiger partial charge is 0.354 e. The van der Waals surface area contributed by atoms with Crippen LogP contribution in [-0.4, -0.2) is 84.9 Å². The number of fused-ring (bicyclic) bond motifs is 4. The standard InChI is InChI=1S/C36H34Cl2N6O4/c1-43(17-15-39-35(47)23-11-13-25(37)29-31(23)41-27-9-5-3-7-21(27)33(29)45)19-20-44(2)18-16-40-36(48)24-12-14-26(38)30-32(24)42-28-10-6-4-8-22(28)34(30)46/h3-14H,15-20H2,1-2H3,(H,39,47)(H,40,48)(H,41,45)(H,42,46). The van der Waals surface area contributed by atoms with E-state index in [1.54, 1.807) is 60.7 Å². The van der Waals surface area contributed by atoms with E-state index in [9.17, 15) is 19.2 Å². The second-order valence-electron chi connectivity index (χ2n) is 11.8. The molecule has 0 saturated heterocycles. The van der Waals surface area contributed by atoms with Crippen molar-refractivity contribution in [3.63, 3.8) is 0 Å². The summed E-state index contributed by atoms with van der Waals surface area (Å²) in [4.78, 5) is 63.1. The van der Waals surface area contributed by atoms with Gasteiger partial charge in [-0.15, -0.1) is 0 Å². The van der Waals surface area contributed by atoms with Gasteiger partial charge in [-0.2, -0.15) is 0 Å². The molecule has 6 aromatic rings. The Bertz CT molecular complexity index is 2160. The van der Waals surface area contributed by atoms with Gasteiger partial charge in [0, 0.05) is 61.1 Å². The predicted molar refractivity (Wildman–Crippen MR) is 194 cm³/mol. The summed E-state index contributed by atoms with van der Waals surface area (Å²) in [5.41, 5.74) is 2.38. The van der Waals surface area contributed by atoms with Gasteiger partial charge >= 0.3 is 0 Å². The molecule has 2 heterocycles. The van der Waals surface area contributed by atoms with Crippen molar-refractivity contribution in [2.45, 2.75) is 0 Å². The highest BCUT2D eigenvalue weighted by atomic mass is 35.5. The molecule has 0 bridgehead atoms. The van der Waals surface area contributed by atoms with E-state index < -0.39 is 0 Å². The van der Waals surface area contributed by atoms with E-state index in [-0.39, 0.29) is 22.7 Å². The van der Waals surface area contributed by atoms with Crippen LogP contribution in [0.1, 0.15) is 20.7 Å². The van der Waals surface area contributed by atoms with Gasteiger partial charge in [0.25, 0.3) is 11.8 Å². The van der Waals surface area contributed by atoms with Crippen molar-refractivity contribution in [2.24, 2.45) is 0 Å². The number of hydrogen-bond acceptors (Lipinski definition) is 6. The molecule has 2 aromatic heterocycles. The Morgan fingerprint density at radius 1 is 0.604 bits per heavy atom. The number of pyridine rings is 2. The number of aromatic nitrogens is 2. The number of likely N-dealkylation sites (N-methyl/N-ethyl adjacent to an activating group) is 2. The number of benzene rings is 4. The number of para-hydroxylation sites is 2. The number of nitrogens with zero attached hydrogens (tertiary/aromatic N) is 2. The summed E-state index contributed by atoms with van der Waals surface area (Å²) in [6.45, 7) is 3.50. The number of rotatable bonds is 11. The molecule has 0 fully saturated rings. The third kappa shape index (κ3) is 6.65. The number of amides is 2. The average Bonchev–Trinajstić information content (AvgIpc) is 3.07. The Kier molecular flexibility index (Phi) is 9.79. The molecule has 0 saturated carbocycles. The van der Waals surface area contributed by atoms with E-state index in [4.69, 9.17) is 23.2 Å². The topological polar surface area (TPSA) is 130 Å². The molecule has 4 aromatic carbocycles. The van der Waals surface area contributed by atoms with Crippen molar-refractivity contribution in [2.75, 3.05) is 53.4 Å². The van der Waals surface area contributed by atoms with Gasteiger partial charge in [0.2, 0.25) is 0 Å². The Morgan fingerprint density at radius 3 is 1.42 bits per heavy atom. The molecule has 0 aliphatic rings. The minimum atomic E-state index is -0.297. The smallest absolute Gasteiger partial charge is 0.253 e. The summed E-state index contributed by atoms with van der Waals surface area (Å²) >= 11 is 12.7. The second kappa shape index (κ2) is 14.2. The van der Waals surface area contributed by atoms with Gasteiger partial charge in [-0.1, -0.05) is 47.5 Å². The highest BCUT2D eigenvalue weighted by molar-refractivity contribution is 6.36. The maximum atomic E-state index is 13.1. The molecule has 0 aliphatic heterocycles. The molecule has 4 N–H and O–H groups in total. The zero-order chi connectivity index (χ0) is 33.9. The maximum Gasteiger partial charge on any atom is 0.253 e. The molecule has 0 atom stereocenters. The van der Waals surface area contributed by atoms with Crippen molar-refractivity contribution in [1.29, 1.82) is 0 Å². The fraction of sp³-hybridized carbons (Fsp3) is 0.222. The first-order valence-electron chi connectivity index (χ1n) is 15.5. The number of carbonyl (C=O) groups excluding carboxylic acids is 2. The third-order valence-electron chi connectivity index (χ3n) is 8.54. The number of H-pyrrole nitrogens is 2. The van der Waals surface area contributed by atoms with E-state index in [1.165, 1.54) is 0 Å². The van der Waals surface area contributed by atoms with Gasteiger partial charge in [0.15, 0.2) is 10.9 Å². The van der Waals surface area contributed by atoms with Crippen LogP contribution in [0.25, 0.3) is 43.6 Å². The molecule has 0 radical (unpaired) electrons. The van der Waals surface area contributed by atoms with Crippen LogP contribution in [0.15, 0.2) is 82.4 Å². The molecule has 2 amide bonds. The quantitative estimate of drug-likeness (QED) is 0.142. The molecule has 0 aliphatic carbocycles. The van der Waals surface area contributed by atoms with Crippen molar-refractivity contribution in [3.8, 4) is 0 Å². The lowest BCUT2D eigenvalue weighted by atomic mass is 10.1. The minimum Gasteiger partial charge on any atom is -0.354 e. The van der Waals surface area contributed by atoms with Gasteiger partial charge in [-0.25, -0.2) is 0 Å². The third-order valence-corrected chi connectivity index (χ3v) is 9.17. The Morgan fingerprint density at radius 2 is 1.00 bits per heavy atom. The lowest BCUT2D eigenvalue weighted by Gasteiger charge is -2.22. The molecule has 246 valence electrons. The summed E-state index contributed by atoms with van der Waals surface area (Å²) < 4.78 is 0. The average molecular weight is 686 g/mol. The van der Waals surface area contributed by atoms with E-state index in [0.29, 0.717) is 91.0 Å². The number of halogens is 2. The SMILES string of the molecule is CN(CCNC(=O)c1ccc(Cl)c2c(=O)c3ccccc3[nH]c12)CCN(C)CCNC(=O)c1ccc(Cl)c2c(=O)c3ccccc3[nH]c12. The second-order valence-corrected chi connectivity index (χ2v) is 12.6. The van der Waals surface area contributed by atoms with Gasteiger partial charge in [-0.05, 0) is 62.6 Å². The normalized spacial score (nSPS) is 11.7. The van der Waals surface area contributed by atoms with Crippen molar-refractivity contribution in [3.05, 3.63) is 114 Å². The summed E-state index contributed by atoms with van der Waals surface area (Å²) in [5, 5.41) is 8.11. The monoisotopic (exact) mass is 684 g/mol. The van der Waals surface area contributed by atoms with E-state index in [0.717, 1.165) is 13.1 Å². The molecule has 48 heavy (non-hydrogen) atoms. The Balaban J connectivity index is 0.990. The van der Waals surface area contributed by atoms with E-state index >= 15 is 0 Å². The first kappa shape index (κ1) is 33.2. The predicted octanol–water partition coefficient (Wildman–Crippen LogP) is 5.01. The first-order valence-corrected chi connectivity index (χ1v) is 16.3. The van der Waals surface area contributed by atoms with Crippen LogP contribution in [0.3, 0.4) is 0 Å². The van der Waals surface area contributed by atoms with Crippen LogP contribution in [0.5, 0.6) is 0 Å². The molecule has 12 heteroatoms. The Hall–Kier alpha value is -4.74. The molecular formula is C36H34Cl2N6O4. The number of hydrogen-bond donors (Lipinski definition) is 4. The molecular weight excluding hydrogens is 651 g/mol. The lowest BCUT2D eigenvalue weighted by Crippen LogP contribution is -2.39. The number of aromatic amines is 2. The fourth-order valence-corrected chi connectivity index (χ4v) is 6.32. The molecule has 10 nitrogen and oxygen atoms in total. The summed E-state index contributed by atoms with van der Waals surface area (Å²) in [6.07, 6.45) is 0. The van der Waals surface area contributed by atoms with Crippen LogP contribution in [0.4, 0.5) is 0 Å². The molecule has 0 spiro atoms. The lowest BCUT2D eigenvalue weighted by molar-refractivity contribution is 0.0940. The van der Waals surface area contributed by atoms with Crippen molar-refractivity contribution < 1.29 is 9.59 Å². The molecule has 0 unspecified atom stereocenters. The van der Waals surface area contributed by atoms with Crippen LogP contribution in [0.2, 0.25) is 10.0 Å². The van der Waals surface area contributed by atoms with E-state index in [2.05, 4.69) is 30.4 Å². The zero-order valence-corrected chi connectivity index (χ0v) is 28.0. The van der Waals surface area contributed by atoms with Crippen LogP contribution in [0, 0.1) is 0 Å². The Labute approximate surface area is 285 Å². The maximum absolute atomic E-state index is 13.1. The summed E-state index contributed by atoms with van der Waals surface area (Å²) in [7, 11) is 3.94. The number of nitrogens with one attached hydrogen (secondary N) is 4. The van der Waals surface area contributed by atoms with E-state index in [1.807, 2.05) is 26.2 Å². The van der Waals surface area contributed by atoms with Crippen LogP contribution in [-0.2, 0) is 0 Å². The van der Waals surface area contributed by atoms with Gasteiger partial charge in [0.05, 0.1) is 43.0 Å². The minimum absolute atomic E-state index is 0.217. The fourth-order valence-electron chi connectivity index (χ4n) is 5.83. The zero-order valence-electron chi connectivity index (χ0n) is 26.5. The van der Waals surface area contributed by atoms with Gasteiger partial charge < -0.3 is 30.4 Å². The van der Waals surface area contributed by atoms with Crippen molar-refractivity contribution in [1.82, 2.24) is 30.4 Å².